The molecule has 1 saturated carbocycles. The number of hydrogen-bond donors (Lipinski definition) is 7. The number of aromatic amines is 1. The van der Waals surface area contributed by atoms with Gasteiger partial charge in [0.05, 0.1) is 23.7 Å². The molecule has 1 aliphatic rings. The monoisotopic (exact) mass is 691 g/mol. The summed E-state index contributed by atoms with van der Waals surface area (Å²) in [6, 6.07) is 14.9. The fraction of sp³-hybridized carbons (Fsp3) is 0.610. The molecule has 1 aliphatic carbocycles. The van der Waals surface area contributed by atoms with Crippen molar-refractivity contribution >= 4 is 11.8 Å². The summed E-state index contributed by atoms with van der Waals surface area (Å²) in [4.78, 5) is 19.8. The maximum atomic E-state index is 12.2. The van der Waals surface area contributed by atoms with Gasteiger partial charge in [-0.15, -0.1) is 0 Å². The Morgan fingerprint density at radius 2 is 1.66 bits per heavy atom. The van der Waals surface area contributed by atoms with E-state index >= 15 is 0 Å². The number of hydrogen-bond acceptors (Lipinski definition) is 7. The van der Waals surface area contributed by atoms with Crippen molar-refractivity contribution in [1.29, 1.82) is 0 Å². The average Bonchev–Trinajstić information content (AvgIpc) is 3.67. The van der Waals surface area contributed by atoms with Crippen LogP contribution in [0, 0.1) is 17.8 Å². The van der Waals surface area contributed by atoms with Crippen molar-refractivity contribution in [2.75, 3.05) is 5.73 Å². The highest BCUT2D eigenvalue weighted by Crippen LogP contribution is 2.46. The third-order valence-corrected chi connectivity index (χ3v) is 10.9. The Hall–Kier alpha value is -3.40. The van der Waals surface area contributed by atoms with E-state index in [9.17, 15) is 30.3 Å². The highest BCUT2D eigenvalue weighted by atomic mass is 16.4. The number of nitrogens with one attached hydrogen (secondary N) is 1. The summed E-state index contributed by atoms with van der Waals surface area (Å²) < 4.78 is 0. The molecule has 2 heterocycles. The van der Waals surface area contributed by atoms with Crippen molar-refractivity contribution in [1.82, 2.24) is 9.97 Å². The molecule has 0 amide bonds. The summed E-state index contributed by atoms with van der Waals surface area (Å²) in [6.07, 6.45) is 15.0. The van der Waals surface area contributed by atoms with Crippen LogP contribution in [0.3, 0.4) is 0 Å². The number of carboxylic acids is 1. The number of H-pyrrole nitrogens is 1. The van der Waals surface area contributed by atoms with Crippen molar-refractivity contribution < 1.29 is 30.3 Å². The van der Waals surface area contributed by atoms with Gasteiger partial charge in [0.15, 0.2) is 0 Å². The first-order valence-electron chi connectivity index (χ1n) is 19.0. The second-order valence-corrected chi connectivity index (χ2v) is 15.0. The van der Waals surface area contributed by atoms with Crippen LogP contribution in [0.1, 0.15) is 121 Å². The van der Waals surface area contributed by atoms with Gasteiger partial charge in [-0.25, -0.2) is 4.98 Å². The number of aliphatic carboxylic acids is 1. The average molecular weight is 692 g/mol. The Morgan fingerprint density at radius 1 is 0.940 bits per heavy atom. The molecule has 50 heavy (non-hydrogen) atoms. The predicted molar refractivity (Wildman–Crippen MR) is 199 cm³/mol. The van der Waals surface area contributed by atoms with Gasteiger partial charge in [-0.05, 0) is 112 Å². The fourth-order valence-electron chi connectivity index (χ4n) is 8.03. The third-order valence-electron chi connectivity index (χ3n) is 10.9. The molecule has 0 radical (unpaired) electrons. The molecule has 4 rings (SSSR count). The number of carboxylic acid groups (broad SMARTS) is 1. The number of carbonyl (C=O) groups is 1. The fourth-order valence-corrected chi connectivity index (χ4v) is 8.03. The van der Waals surface area contributed by atoms with Crippen LogP contribution in [0.4, 0.5) is 5.82 Å². The predicted octanol–water partition coefficient (Wildman–Crippen LogP) is 7.81. The first-order chi connectivity index (χ1) is 24.1. The van der Waals surface area contributed by atoms with Gasteiger partial charge in [0, 0.05) is 23.1 Å². The highest BCUT2D eigenvalue weighted by Gasteiger charge is 2.46. The van der Waals surface area contributed by atoms with E-state index in [1.54, 1.807) is 24.4 Å². The van der Waals surface area contributed by atoms with E-state index < -0.39 is 23.6 Å². The van der Waals surface area contributed by atoms with Gasteiger partial charge < -0.3 is 36.3 Å². The Labute approximate surface area is 298 Å². The molecule has 0 bridgehead atoms. The van der Waals surface area contributed by atoms with E-state index in [4.69, 9.17) is 5.73 Å². The van der Waals surface area contributed by atoms with E-state index in [0.29, 0.717) is 37.9 Å². The number of nitrogens with two attached hydrogens (primary N) is 1. The number of phenolic OH excluding ortho intramolecular Hbond substituents is 1. The van der Waals surface area contributed by atoms with Gasteiger partial charge in [-0.1, -0.05) is 76.8 Å². The molecule has 2 aromatic heterocycles. The number of aromatic nitrogens is 2. The molecular formula is C41H61N3O6. The van der Waals surface area contributed by atoms with E-state index in [1.807, 2.05) is 30.3 Å². The maximum absolute atomic E-state index is 12.2. The van der Waals surface area contributed by atoms with Crippen molar-refractivity contribution in [2.24, 2.45) is 17.8 Å². The van der Waals surface area contributed by atoms with Crippen LogP contribution < -0.4 is 5.73 Å². The Balaban J connectivity index is 1.31. The SMILES string of the molecule is CCCCCCCC(O)CCCCCCC(C(=O)O)C(O)CCC1(O)CC(Cc2ccnc(N)c2)CC1Cc1ccc(-c2cccc(O)c2)[nH]1. The van der Waals surface area contributed by atoms with Gasteiger partial charge in [0.1, 0.15) is 11.6 Å². The molecule has 9 heteroatoms. The van der Waals surface area contributed by atoms with Gasteiger partial charge in [0.2, 0.25) is 0 Å². The minimum Gasteiger partial charge on any atom is -0.508 e. The normalized spacial score (nSPS) is 20.9. The molecule has 0 saturated heterocycles. The van der Waals surface area contributed by atoms with Crippen LogP contribution >= 0.6 is 0 Å². The number of nitrogen functional groups attached to an aromatic ring is 1. The minimum absolute atomic E-state index is 0.0930. The lowest BCUT2D eigenvalue weighted by Crippen LogP contribution is -2.37. The quantitative estimate of drug-likeness (QED) is 0.0493. The first kappa shape index (κ1) is 39.4. The number of aliphatic hydroxyl groups is 3. The topological polar surface area (TPSA) is 173 Å². The van der Waals surface area contributed by atoms with Crippen molar-refractivity contribution in [3.63, 3.8) is 0 Å². The van der Waals surface area contributed by atoms with E-state index in [1.165, 1.54) is 25.7 Å². The number of rotatable bonds is 23. The number of aromatic hydroxyl groups is 1. The molecule has 0 aliphatic heterocycles. The molecule has 3 aromatic rings. The summed E-state index contributed by atoms with van der Waals surface area (Å²) in [6.45, 7) is 2.20. The summed E-state index contributed by atoms with van der Waals surface area (Å²) in [5, 5.41) is 53.6. The molecular weight excluding hydrogens is 630 g/mol. The van der Waals surface area contributed by atoms with Crippen LogP contribution in [0.2, 0.25) is 0 Å². The van der Waals surface area contributed by atoms with Crippen LogP contribution in [0.5, 0.6) is 5.75 Å². The summed E-state index contributed by atoms with van der Waals surface area (Å²) in [7, 11) is 0. The number of phenols is 1. The number of aliphatic hydroxyl groups excluding tert-OH is 2. The first-order valence-corrected chi connectivity index (χ1v) is 19.0. The van der Waals surface area contributed by atoms with Gasteiger partial charge in [-0.3, -0.25) is 4.79 Å². The molecule has 276 valence electrons. The van der Waals surface area contributed by atoms with Crippen molar-refractivity contribution in [3.05, 3.63) is 66.0 Å². The lowest BCUT2D eigenvalue weighted by molar-refractivity contribution is -0.146. The number of nitrogens with zero attached hydrogens (tertiary/aromatic N) is 1. The molecule has 8 N–H and O–H groups in total. The Morgan fingerprint density at radius 3 is 2.34 bits per heavy atom. The maximum Gasteiger partial charge on any atom is 0.309 e. The summed E-state index contributed by atoms with van der Waals surface area (Å²) >= 11 is 0. The smallest absolute Gasteiger partial charge is 0.309 e. The van der Waals surface area contributed by atoms with Crippen LogP contribution in [0.15, 0.2) is 54.7 Å². The van der Waals surface area contributed by atoms with Crippen LogP contribution in [0.25, 0.3) is 11.3 Å². The molecule has 1 aromatic carbocycles. The molecule has 6 unspecified atom stereocenters. The zero-order valence-electron chi connectivity index (χ0n) is 30.0. The van der Waals surface area contributed by atoms with Gasteiger partial charge in [0.25, 0.3) is 0 Å². The number of anilines is 1. The Bertz CT molecular complexity index is 1440. The van der Waals surface area contributed by atoms with E-state index in [2.05, 4.69) is 16.9 Å². The zero-order valence-corrected chi connectivity index (χ0v) is 30.0. The van der Waals surface area contributed by atoms with Gasteiger partial charge >= 0.3 is 5.97 Å². The van der Waals surface area contributed by atoms with Crippen LogP contribution in [-0.4, -0.2) is 59.3 Å². The molecule has 6 atom stereocenters. The Kier molecular flexibility index (Phi) is 15.6. The number of benzene rings is 1. The van der Waals surface area contributed by atoms with Crippen molar-refractivity contribution in [2.45, 2.75) is 140 Å². The van der Waals surface area contributed by atoms with Crippen molar-refractivity contribution in [3.8, 4) is 17.0 Å². The largest absolute Gasteiger partial charge is 0.508 e. The van der Waals surface area contributed by atoms with E-state index in [0.717, 1.165) is 73.9 Å². The molecule has 9 nitrogen and oxygen atoms in total. The van der Waals surface area contributed by atoms with Gasteiger partial charge in [-0.2, -0.15) is 0 Å². The minimum atomic E-state index is -1.07. The number of pyridine rings is 1. The molecule has 0 spiro atoms. The summed E-state index contributed by atoms with van der Waals surface area (Å²) in [5.41, 5.74) is 8.68. The standard InChI is InChI=1S/C41H61N3O6/c1-2-3-4-5-8-13-34(45)14-9-6-7-10-16-36(40(48)49)38(47)19-21-41(50)28-30(23-29-20-22-43-39(42)25-29)24-32(41)27-33-17-18-37(44-33)31-12-11-15-35(46)26-31/h11-12,15,17-18,20,22,25-26,30,32,34,36,38,44-47,50H,2-10,13-14,16,19,21,23-24,27-28H2,1H3,(H2,42,43)(H,48,49). The summed E-state index contributed by atoms with van der Waals surface area (Å²) in [5.74, 6) is -1.11. The van der Waals surface area contributed by atoms with E-state index in [-0.39, 0.29) is 30.1 Å². The number of unbranched alkanes of at least 4 members (excludes halogenated alkanes) is 7. The lowest BCUT2D eigenvalue weighted by Gasteiger charge is -2.32. The molecule has 1 fully saturated rings. The highest BCUT2D eigenvalue weighted by molar-refractivity contribution is 5.70. The second-order valence-electron chi connectivity index (χ2n) is 15.0. The van der Waals surface area contributed by atoms with Crippen LogP contribution in [-0.2, 0) is 17.6 Å². The second kappa shape index (κ2) is 19.8. The zero-order chi connectivity index (χ0) is 35.9. The lowest BCUT2D eigenvalue weighted by atomic mass is 9.81. The third kappa shape index (κ3) is 12.4.